The molecule has 0 unspecified atom stereocenters. The molecule has 0 aliphatic rings. The van der Waals surface area contributed by atoms with Gasteiger partial charge in [0.2, 0.25) is 0 Å². The first kappa shape index (κ1) is 19.5. The van der Waals surface area contributed by atoms with Crippen LogP contribution < -0.4 is 5.32 Å². The molecule has 0 fully saturated rings. The molecule has 0 aliphatic heterocycles. The van der Waals surface area contributed by atoms with E-state index in [0.29, 0.717) is 18.1 Å². The summed E-state index contributed by atoms with van der Waals surface area (Å²) in [5, 5.41) is 11.0. The summed E-state index contributed by atoms with van der Waals surface area (Å²) in [5.41, 5.74) is 2.50. The van der Waals surface area contributed by atoms with Crippen LogP contribution >= 0.6 is 0 Å². The number of rotatable bonds is 8. The molecule has 0 saturated carbocycles. The van der Waals surface area contributed by atoms with Gasteiger partial charge in [-0.2, -0.15) is 5.10 Å². The van der Waals surface area contributed by atoms with Crippen molar-refractivity contribution in [3.05, 3.63) is 41.9 Å². The Bertz CT molecular complexity index is 997. The Hall–Kier alpha value is -3.24. The van der Waals surface area contributed by atoms with Crippen LogP contribution in [0.3, 0.4) is 0 Å². The predicted molar refractivity (Wildman–Crippen MR) is 110 cm³/mol. The highest BCUT2D eigenvalue weighted by Crippen LogP contribution is 2.23. The van der Waals surface area contributed by atoms with E-state index in [2.05, 4.69) is 56.1 Å². The van der Waals surface area contributed by atoms with E-state index < -0.39 is 0 Å². The molecule has 0 bridgehead atoms. The number of benzene rings is 1. The van der Waals surface area contributed by atoms with Crippen LogP contribution in [0.15, 0.2) is 30.6 Å². The summed E-state index contributed by atoms with van der Waals surface area (Å²) in [5.74, 6) is 7.73. The van der Waals surface area contributed by atoms with E-state index in [9.17, 15) is 4.79 Å². The highest BCUT2D eigenvalue weighted by atomic mass is 16.1. The first-order chi connectivity index (χ1) is 13.7. The Kier molecular flexibility index (Phi) is 6.71. The van der Waals surface area contributed by atoms with Crippen LogP contribution in [0.25, 0.3) is 10.9 Å². The molecule has 3 rings (SSSR count). The average Bonchev–Trinajstić information content (AvgIpc) is 3.15. The van der Waals surface area contributed by atoms with E-state index >= 15 is 0 Å². The molecular formula is C21H24N6O. The van der Waals surface area contributed by atoms with E-state index in [1.165, 1.54) is 6.33 Å². The summed E-state index contributed by atoms with van der Waals surface area (Å²) in [6, 6.07) is 7.70. The number of nitrogens with one attached hydrogen (secondary N) is 2. The Labute approximate surface area is 164 Å². The van der Waals surface area contributed by atoms with Crippen LogP contribution in [-0.4, -0.2) is 51.0 Å². The van der Waals surface area contributed by atoms with Crippen molar-refractivity contribution in [2.24, 2.45) is 0 Å². The van der Waals surface area contributed by atoms with Gasteiger partial charge in [-0.15, -0.1) is 0 Å². The van der Waals surface area contributed by atoms with Gasteiger partial charge < -0.3 is 15.0 Å². The fourth-order valence-electron chi connectivity index (χ4n) is 2.89. The number of fused-ring (bicyclic) bond motifs is 1. The van der Waals surface area contributed by atoms with Gasteiger partial charge in [-0.1, -0.05) is 25.7 Å². The number of H-pyrrole nitrogens is 1. The van der Waals surface area contributed by atoms with Crippen LogP contribution in [0.2, 0.25) is 0 Å². The summed E-state index contributed by atoms with van der Waals surface area (Å²) in [6.45, 7) is 7.41. The summed E-state index contributed by atoms with van der Waals surface area (Å²) in [7, 11) is 0. The van der Waals surface area contributed by atoms with Gasteiger partial charge in [0.05, 0.1) is 5.52 Å². The summed E-state index contributed by atoms with van der Waals surface area (Å²) in [6.07, 6.45) is 3.50. The van der Waals surface area contributed by atoms with E-state index in [0.717, 1.165) is 54.5 Å². The molecule has 7 nitrogen and oxygen atoms in total. The van der Waals surface area contributed by atoms with Crippen molar-refractivity contribution in [3.8, 4) is 11.8 Å². The van der Waals surface area contributed by atoms with Crippen molar-refractivity contribution in [1.29, 1.82) is 0 Å². The number of aldehydes is 1. The van der Waals surface area contributed by atoms with Crippen LogP contribution in [0.1, 0.15) is 31.5 Å². The van der Waals surface area contributed by atoms with Crippen LogP contribution in [0, 0.1) is 11.8 Å². The SMILES string of the molecule is CCN(CC)CCC#Cc1ccc2c(Nc3cc(CC=O)[nH]n3)ncnc2c1. The van der Waals surface area contributed by atoms with E-state index in [1.54, 1.807) is 6.07 Å². The minimum absolute atomic E-state index is 0.301. The third kappa shape index (κ3) is 4.93. The van der Waals surface area contributed by atoms with E-state index in [1.807, 2.05) is 18.2 Å². The van der Waals surface area contributed by atoms with Crippen LogP contribution in [0.4, 0.5) is 11.6 Å². The number of nitrogens with zero attached hydrogens (tertiary/aromatic N) is 4. The van der Waals surface area contributed by atoms with Crippen molar-refractivity contribution >= 4 is 28.8 Å². The zero-order valence-corrected chi connectivity index (χ0v) is 16.2. The lowest BCUT2D eigenvalue weighted by Crippen LogP contribution is -2.23. The van der Waals surface area contributed by atoms with Crippen molar-refractivity contribution < 1.29 is 4.79 Å². The standard InChI is InChI=1S/C21H24N6O/c1-3-27(4-2)11-6-5-7-16-8-9-18-19(13-16)22-15-23-21(18)24-20-14-17(10-12-28)25-26-20/h8-9,12-15H,3-4,6,10-11H2,1-2H3,(H2,22,23,24,25,26). The Morgan fingerprint density at radius 3 is 2.86 bits per heavy atom. The molecule has 144 valence electrons. The molecule has 0 amide bonds. The van der Waals surface area contributed by atoms with Gasteiger partial charge in [0.25, 0.3) is 0 Å². The summed E-state index contributed by atoms with van der Waals surface area (Å²) >= 11 is 0. The van der Waals surface area contributed by atoms with Crippen molar-refractivity contribution in [2.75, 3.05) is 25.0 Å². The number of hydrogen-bond donors (Lipinski definition) is 2. The quantitative estimate of drug-likeness (QED) is 0.464. The molecule has 0 saturated heterocycles. The van der Waals surface area contributed by atoms with Crippen molar-refractivity contribution in [1.82, 2.24) is 25.1 Å². The molecule has 0 atom stereocenters. The Morgan fingerprint density at radius 1 is 1.21 bits per heavy atom. The number of carbonyl (C=O) groups is 1. The van der Waals surface area contributed by atoms with Crippen LogP contribution in [-0.2, 0) is 11.2 Å². The van der Waals surface area contributed by atoms with Gasteiger partial charge in [0.15, 0.2) is 5.82 Å². The molecule has 2 heterocycles. The molecular weight excluding hydrogens is 352 g/mol. The number of hydrogen-bond acceptors (Lipinski definition) is 6. The number of carbonyl (C=O) groups excluding carboxylic acids is 1. The maximum atomic E-state index is 10.6. The van der Waals surface area contributed by atoms with E-state index in [4.69, 9.17) is 0 Å². The van der Waals surface area contributed by atoms with Crippen molar-refractivity contribution in [3.63, 3.8) is 0 Å². The number of anilines is 2. The third-order valence-corrected chi connectivity index (χ3v) is 4.50. The maximum Gasteiger partial charge on any atom is 0.153 e. The summed E-state index contributed by atoms with van der Waals surface area (Å²) < 4.78 is 0. The topological polar surface area (TPSA) is 86.8 Å². The van der Waals surface area contributed by atoms with Gasteiger partial charge in [0.1, 0.15) is 18.4 Å². The Morgan fingerprint density at radius 2 is 2.07 bits per heavy atom. The summed E-state index contributed by atoms with van der Waals surface area (Å²) in [4.78, 5) is 21.6. The normalized spacial score (nSPS) is 10.7. The zero-order chi connectivity index (χ0) is 19.8. The Balaban J connectivity index is 1.74. The molecule has 28 heavy (non-hydrogen) atoms. The van der Waals surface area contributed by atoms with Crippen LogP contribution in [0.5, 0.6) is 0 Å². The second-order valence-corrected chi connectivity index (χ2v) is 6.31. The van der Waals surface area contributed by atoms with Gasteiger partial charge >= 0.3 is 0 Å². The lowest BCUT2D eigenvalue weighted by atomic mass is 10.1. The molecule has 7 heteroatoms. The van der Waals surface area contributed by atoms with Crippen molar-refractivity contribution in [2.45, 2.75) is 26.7 Å². The zero-order valence-electron chi connectivity index (χ0n) is 16.2. The van der Waals surface area contributed by atoms with Gasteiger partial charge in [0, 0.05) is 42.1 Å². The fourth-order valence-corrected chi connectivity index (χ4v) is 2.89. The fraction of sp³-hybridized carbons (Fsp3) is 0.333. The van der Waals surface area contributed by atoms with E-state index in [-0.39, 0.29) is 0 Å². The largest absolute Gasteiger partial charge is 0.323 e. The minimum atomic E-state index is 0.301. The second kappa shape index (κ2) is 9.62. The molecule has 2 aromatic heterocycles. The predicted octanol–water partition coefficient (Wildman–Crippen LogP) is 2.92. The molecule has 0 aliphatic carbocycles. The van der Waals surface area contributed by atoms with Gasteiger partial charge in [-0.05, 0) is 31.3 Å². The van der Waals surface area contributed by atoms with Gasteiger partial charge in [-0.3, -0.25) is 5.10 Å². The maximum absolute atomic E-state index is 10.6. The second-order valence-electron chi connectivity index (χ2n) is 6.31. The highest BCUT2D eigenvalue weighted by Gasteiger charge is 2.07. The van der Waals surface area contributed by atoms with Gasteiger partial charge in [-0.25, -0.2) is 9.97 Å². The monoisotopic (exact) mass is 376 g/mol. The minimum Gasteiger partial charge on any atom is -0.323 e. The first-order valence-corrected chi connectivity index (χ1v) is 9.44. The number of aromatic nitrogens is 4. The molecule has 0 spiro atoms. The molecule has 0 radical (unpaired) electrons. The molecule has 2 N–H and O–H groups in total. The lowest BCUT2D eigenvalue weighted by Gasteiger charge is -2.15. The average molecular weight is 376 g/mol. The number of aromatic amines is 1. The third-order valence-electron chi connectivity index (χ3n) is 4.50. The smallest absolute Gasteiger partial charge is 0.153 e. The molecule has 1 aromatic carbocycles. The first-order valence-electron chi connectivity index (χ1n) is 9.44. The molecule has 3 aromatic rings. The highest BCUT2D eigenvalue weighted by molar-refractivity contribution is 5.91. The lowest BCUT2D eigenvalue weighted by molar-refractivity contribution is -0.107.